The van der Waals surface area contributed by atoms with Crippen LogP contribution in [0, 0.1) is 0 Å². The lowest BCUT2D eigenvalue weighted by Gasteiger charge is -2.03. The highest BCUT2D eigenvalue weighted by Crippen LogP contribution is 2.18. The standard InChI is InChI=1S/C11H11NO/c1-2-13-10-5-6-11-9(8-10)4-3-7-12-11/h3-8H,2H2,1H3. The van der Waals surface area contributed by atoms with E-state index in [-0.39, 0.29) is 0 Å². The maximum absolute atomic E-state index is 5.39. The molecule has 1 aromatic carbocycles. The fourth-order valence-electron chi connectivity index (χ4n) is 1.31. The summed E-state index contributed by atoms with van der Waals surface area (Å²) in [5.41, 5.74) is 1.01. The molecule has 0 saturated heterocycles. The van der Waals surface area contributed by atoms with E-state index in [2.05, 4.69) is 4.98 Å². The molecule has 2 aromatic rings. The Hall–Kier alpha value is -1.57. The fraction of sp³-hybridized carbons (Fsp3) is 0.182. The average Bonchev–Trinajstić information content (AvgIpc) is 2.18. The maximum Gasteiger partial charge on any atom is 0.120 e. The third kappa shape index (κ3) is 1.61. The van der Waals surface area contributed by atoms with Crippen LogP contribution in [-0.2, 0) is 0 Å². The van der Waals surface area contributed by atoms with Crippen molar-refractivity contribution in [2.24, 2.45) is 0 Å². The zero-order valence-corrected chi connectivity index (χ0v) is 7.53. The van der Waals surface area contributed by atoms with Crippen molar-refractivity contribution in [3.63, 3.8) is 0 Å². The number of ether oxygens (including phenoxy) is 1. The molecule has 0 radical (unpaired) electrons. The highest BCUT2D eigenvalue weighted by atomic mass is 16.5. The number of hydrogen-bond donors (Lipinski definition) is 0. The van der Waals surface area contributed by atoms with Crippen LogP contribution in [0.1, 0.15) is 6.92 Å². The summed E-state index contributed by atoms with van der Waals surface area (Å²) in [4.78, 5) is 4.23. The van der Waals surface area contributed by atoms with E-state index >= 15 is 0 Å². The summed E-state index contributed by atoms with van der Waals surface area (Å²) in [6.45, 7) is 2.68. The minimum Gasteiger partial charge on any atom is -0.494 e. The number of aromatic nitrogens is 1. The maximum atomic E-state index is 5.39. The van der Waals surface area contributed by atoms with Gasteiger partial charge in [0, 0.05) is 11.6 Å². The van der Waals surface area contributed by atoms with Gasteiger partial charge < -0.3 is 4.74 Å². The van der Waals surface area contributed by atoms with Crippen molar-refractivity contribution in [3.05, 3.63) is 36.5 Å². The Morgan fingerprint density at radius 1 is 1.31 bits per heavy atom. The Bertz CT molecular complexity index is 412. The first kappa shape index (κ1) is 8.05. The first-order valence-electron chi connectivity index (χ1n) is 4.38. The number of rotatable bonds is 2. The van der Waals surface area contributed by atoms with Crippen LogP contribution in [0.3, 0.4) is 0 Å². The predicted octanol–water partition coefficient (Wildman–Crippen LogP) is 2.63. The summed E-state index contributed by atoms with van der Waals surface area (Å²) in [6.07, 6.45) is 1.79. The fourth-order valence-corrected chi connectivity index (χ4v) is 1.31. The van der Waals surface area contributed by atoms with Crippen LogP contribution < -0.4 is 4.74 Å². The Morgan fingerprint density at radius 3 is 3.08 bits per heavy atom. The quantitative estimate of drug-likeness (QED) is 0.696. The predicted molar refractivity (Wildman–Crippen MR) is 52.9 cm³/mol. The molecule has 1 heterocycles. The SMILES string of the molecule is CCOc1ccc2ncccc2c1. The van der Waals surface area contributed by atoms with Crippen molar-refractivity contribution in [2.45, 2.75) is 6.92 Å². The van der Waals surface area contributed by atoms with Crippen LogP contribution in [0.25, 0.3) is 10.9 Å². The van der Waals surface area contributed by atoms with E-state index in [1.54, 1.807) is 6.20 Å². The van der Waals surface area contributed by atoms with Crippen LogP contribution in [0.15, 0.2) is 36.5 Å². The van der Waals surface area contributed by atoms with Crippen LogP contribution in [0.4, 0.5) is 0 Å². The van der Waals surface area contributed by atoms with Gasteiger partial charge in [-0.2, -0.15) is 0 Å². The van der Waals surface area contributed by atoms with Gasteiger partial charge in [0.15, 0.2) is 0 Å². The van der Waals surface area contributed by atoms with Gasteiger partial charge in [0.05, 0.1) is 12.1 Å². The molecule has 0 bridgehead atoms. The second-order valence-corrected chi connectivity index (χ2v) is 2.79. The second-order valence-electron chi connectivity index (χ2n) is 2.79. The molecule has 2 rings (SSSR count). The highest BCUT2D eigenvalue weighted by molar-refractivity contribution is 5.79. The van der Waals surface area contributed by atoms with Gasteiger partial charge in [0.25, 0.3) is 0 Å². The van der Waals surface area contributed by atoms with Gasteiger partial charge >= 0.3 is 0 Å². The summed E-state index contributed by atoms with van der Waals surface area (Å²) >= 11 is 0. The highest BCUT2D eigenvalue weighted by Gasteiger charge is 1.95. The number of hydrogen-bond acceptors (Lipinski definition) is 2. The minimum absolute atomic E-state index is 0.700. The molecule has 0 saturated carbocycles. The van der Waals surface area contributed by atoms with Gasteiger partial charge in [0.2, 0.25) is 0 Å². The van der Waals surface area contributed by atoms with Gasteiger partial charge in [-0.3, -0.25) is 4.98 Å². The van der Waals surface area contributed by atoms with E-state index in [9.17, 15) is 0 Å². The lowest BCUT2D eigenvalue weighted by Crippen LogP contribution is -1.90. The van der Waals surface area contributed by atoms with Gasteiger partial charge in [-0.1, -0.05) is 6.07 Å². The van der Waals surface area contributed by atoms with Crippen molar-refractivity contribution in [3.8, 4) is 5.75 Å². The lowest BCUT2D eigenvalue weighted by atomic mass is 10.2. The lowest BCUT2D eigenvalue weighted by molar-refractivity contribution is 0.340. The first-order chi connectivity index (χ1) is 6.40. The van der Waals surface area contributed by atoms with Crippen LogP contribution >= 0.6 is 0 Å². The Morgan fingerprint density at radius 2 is 2.23 bits per heavy atom. The van der Waals surface area contributed by atoms with Gasteiger partial charge in [-0.15, -0.1) is 0 Å². The van der Waals surface area contributed by atoms with Gasteiger partial charge in [0.1, 0.15) is 5.75 Å². The molecule has 13 heavy (non-hydrogen) atoms. The first-order valence-corrected chi connectivity index (χ1v) is 4.38. The molecule has 0 aliphatic rings. The molecule has 2 nitrogen and oxygen atoms in total. The minimum atomic E-state index is 0.700. The molecular formula is C11H11NO. The third-order valence-corrected chi connectivity index (χ3v) is 1.89. The van der Waals surface area contributed by atoms with Crippen molar-refractivity contribution < 1.29 is 4.74 Å². The average molecular weight is 173 g/mol. The van der Waals surface area contributed by atoms with E-state index < -0.39 is 0 Å². The second kappa shape index (κ2) is 3.44. The number of nitrogens with zero attached hydrogens (tertiary/aromatic N) is 1. The summed E-state index contributed by atoms with van der Waals surface area (Å²) in [5.74, 6) is 0.906. The number of pyridine rings is 1. The topological polar surface area (TPSA) is 22.1 Å². The Labute approximate surface area is 77.2 Å². The van der Waals surface area contributed by atoms with Crippen LogP contribution in [-0.4, -0.2) is 11.6 Å². The summed E-state index contributed by atoms with van der Waals surface area (Å²) < 4.78 is 5.39. The Balaban J connectivity index is 2.49. The van der Waals surface area contributed by atoms with E-state index in [0.717, 1.165) is 16.7 Å². The molecule has 0 aliphatic heterocycles. The molecule has 0 unspecified atom stereocenters. The molecule has 0 N–H and O–H groups in total. The largest absolute Gasteiger partial charge is 0.494 e. The molecule has 0 aliphatic carbocycles. The Kier molecular flexibility index (Phi) is 2.13. The van der Waals surface area contributed by atoms with E-state index in [0.29, 0.717) is 6.61 Å². The molecular weight excluding hydrogens is 162 g/mol. The summed E-state index contributed by atoms with van der Waals surface area (Å²) in [6, 6.07) is 9.88. The molecule has 0 spiro atoms. The molecule has 0 atom stereocenters. The van der Waals surface area contributed by atoms with Crippen molar-refractivity contribution in [1.82, 2.24) is 4.98 Å². The molecule has 0 amide bonds. The zero-order valence-electron chi connectivity index (χ0n) is 7.53. The van der Waals surface area contributed by atoms with Gasteiger partial charge in [-0.05, 0) is 31.2 Å². The zero-order chi connectivity index (χ0) is 9.10. The molecule has 1 aromatic heterocycles. The van der Waals surface area contributed by atoms with Crippen molar-refractivity contribution >= 4 is 10.9 Å². The third-order valence-electron chi connectivity index (χ3n) is 1.89. The normalized spacial score (nSPS) is 10.2. The summed E-state index contributed by atoms with van der Waals surface area (Å²) in [7, 11) is 0. The monoisotopic (exact) mass is 173 g/mol. The smallest absolute Gasteiger partial charge is 0.120 e. The van der Waals surface area contributed by atoms with Crippen LogP contribution in [0.2, 0.25) is 0 Å². The van der Waals surface area contributed by atoms with Gasteiger partial charge in [-0.25, -0.2) is 0 Å². The van der Waals surface area contributed by atoms with E-state index in [4.69, 9.17) is 4.74 Å². The van der Waals surface area contributed by atoms with E-state index in [1.165, 1.54) is 0 Å². The molecule has 66 valence electrons. The molecule has 2 heteroatoms. The van der Waals surface area contributed by atoms with E-state index in [1.807, 2.05) is 37.3 Å². The van der Waals surface area contributed by atoms with Crippen LogP contribution in [0.5, 0.6) is 5.75 Å². The number of benzene rings is 1. The number of fused-ring (bicyclic) bond motifs is 1. The molecule has 0 fully saturated rings. The van der Waals surface area contributed by atoms with Crippen molar-refractivity contribution in [1.29, 1.82) is 0 Å². The summed E-state index contributed by atoms with van der Waals surface area (Å²) in [5, 5.41) is 1.12. The van der Waals surface area contributed by atoms with Crippen molar-refractivity contribution in [2.75, 3.05) is 6.61 Å².